The maximum absolute atomic E-state index is 11.6. The number of alkyl halides is 3. The van der Waals surface area contributed by atoms with Crippen molar-refractivity contribution in [2.24, 2.45) is 0 Å². The summed E-state index contributed by atoms with van der Waals surface area (Å²) in [6.45, 7) is -0.297. The highest BCUT2D eigenvalue weighted by Crippen LogP contribution is 2.14. The fourth-order valence-electron chi connectivity index (χ4n) is 0.600. The molecule has 7 heteroatoms. The van der Waals surface area contributed by atoms with E-state index in [2.05, 4.69) is 9.68 Å². The zero-order chi connectivity index (χ0) is 9.90. The first-order chi connectivity index (χ1) is 6.00. The highest BCUT2D eigenvalue weighted by molar-refractivity contribution is 5.81. The van der Waals surface area contributed by atoms with Crippen molar-refractivity contribution in [3.63, 3.8) is 0 Å². The summed E-state index contributed by atoms with van der Waals surface area (Å²) in [5.74, 6) is -1.99. The molecule has 0 saturated carbocycles. The van der Waals surface area contributed by atoms with Crippen LogP contribution in [0.1, 0.15) is 5.69 Å². The van der Waals surface area contributed by atoms with Crippen molar-refractivity contribution in [1.29, 1.82) is 0 Å². The Kier molecular flexibility index (Phi) is 2.54. The molecule has 1 amide bonds. The summed E-state index contributed by atoms with van der Waals surface area (Å²) in [4.78, 5) is 10.3. The second-order valence-electron chi connectivity index (χ2n) is 2.17. The lowest BCUT2D eigenvalue weighted by molar-refractivity contribution is -0.173. The molecule has 13 heavy (non-hydrogen) atoms. The van der Waals surface area contributed by atoms with Gasteiger partial charge in [-0.1, -0.05) is 5.16 Å². The molecule has 0 aliphatic heterocycles. The lowest BCUT2D eigenvalue weighted by atomic mass is 10.4. The third kappa shape index (κ3) is 2.77. The van der Waals surface area contributed by atoms with Crippen LogP contribution in [-0.2, 0) is 11.3 Å². The Bertz CT molecular complexity index is 281. The van der Waals surface area contributed by atoms with Crippen molar-refractivity contribution in [2.75, 3.05) is 0 Å². The van der Waals surface area contributed by atoms with Crippen molar-refractivity contribution >= 4 is 5.91 Å². The van der Waals surface area contributed by atoms with Crippen molar-refractivity contribution < 1.29 is 22.5 Å². The first kappa shape index (κ1) is 9.56. The normalized spacial score (nSPS) is 11.3. The van der Waals surface area contributed by atoms with Crippen LogP contribution >= 0.6 is 0 Å². The van der Waals surface area contributed by atoms with Gasteiger partial charge in [0.2, 0.25) is 0 Å². The fraction of sp³-hybridized carbons (Fsp3) is 0.333. The standard InChI is InChI=1S/C6H5F3N2O2/c7-6(8,9)5(12)10-3-4-1-2-13-11-4/h1-2H,3H2,(H,10,12). The van der Waals surface area contributed by atoms with Crippen LogP contribution < -0.4 is 5.32 Å². The van der Waals surface area contributed by atoms with Gasteiger partial charge in [-0.3, -0.25) is 4.79 Å². The van der Waals surface area contributed by atoms with Gasteiger partial charge in [0.25, 0.3) is 0 Å². The van der Waals surface area contributed by atoms with E-state index in [1.807, 2.05) is 0 Å². The number of rotatable bonds is 2. The number of carbonyl (C=O) groups is 1. The van der Waals surface area contributed by atoms with Gasteiger partial charge in [-0.25, -0.2) is 0 Å². The Labute approximate surface area is 70.7 Å². The average Bonchev–Trinajstić information content (AvgIpc) is 2.50. The first-order valence-electron chi connectivity index (χ1n) is 3.24. The highest BCUT2D eigenvalue weighted by atomic mass is 19.4. The summed E-state index contributed by atoms with van der Waals surface area (Å²) in [7, 11) is 0. The van der Waals surface area contributed by atoms with E-state index < -0.39 is 12.1 Å². The molecule has 0 aliphatic carbocycles. The molecule has 1 heterocycles. The zero-order valence-corrected chi connectivity index (χ0v) is 6.26. The largest absolute Gasteiger partial charge is 0.471 e. The van der Waals surface area contributed by atoms with Crippen molar-refractivity contribution in [2.45, 2.75) is 12.7 Å². The van der Waals surface area contributed by atoms with Crippen molar-refractivity contribution in [1.82, 2.24) is 10.5 Å². The van der Waals surface area contributed by atoms with Crippen LogP contribution in [0.2, 0.25) is 0 Å². The van der Waals surface area contributed by atoms with Gasteiger partial charge in [-0.2, -0.15) is 13.2 Å². The summed E-state index contributed by atoms with van der Waals surface area (Å²) < 4.78 is 39.2. The van der Waals surface area contributed by atoms with Gasteiger partial charge in [-0.05, 0) is 0 Å². The van der Waals surface area contributed by atoms with E-state index in [0.29, 0.717) is 0 Å². The quantitative estimate of drug-likeness (QED) is 0.759. The Morgan fingerprint density at radius 2 is 2.31 bits per heavy atom. The van der Waals surface area contributed by atoms with Gasteiger partial charge in [0.1, 0.15) is 12.0 Å². The topological polar surface area (TPSA) is 55.1 Å². The number of nitrogens with one attached hydrogen (secondary N) is 1. The molecule has 0 unspecified atom stereocenters. The number of carbonyl (C=O) groups excluding carboxylic acids is 1. The smallest absolute Gasteiger partial charge is 0.364 e. The van der Waals surface area contributed by atoms with Crippen LogP contribution in [0.3, 0.4) is 0 Å². The van der Waals surface area contributed by atoms with Gasteiger partial charge >= 0.3 is 12.1 Å². The Hall–Kier alpha value is -1.53. The molecule has 0 bridgehead atoms. The van der Waals surface area contributed by atoms with Crippen molar-refractivity contribution in [3.8, 4) is 0 Å². The molecular formula is C6H5F3N2O2. The minimum absolute atomic E-state index is 0.234. The van der Waals surface area contributed by atoms with E-state index in [1.165, 1.54) is 12.3 Å². The van der Waals surface area contributed by atoms with Gasteiger partial charge in [0.05, 0.1) is 6.54 Å². The van der Waals surface area contributed by atoms with Gasteiger partial charge in [-0.15, -0.1) is 0 Å². The summed E-state index contributed by atoms with van der Waals surface area (Å²) in [5, 5.41) is 4.95. The van der Waals surface area contributed by atoms with Crippen LogP contribution in [0.4, 0.5) is 13.2 Å². The monoisotopic (exact) mass is 194 g/mol. The number of halogens is 3. The van der Waals surface area contributed by atoms with Crippen LogP contribution in [0.5, 0.6) is 0 Å². The van der Waals surface area contributed by atoms with E-state index in [4.69, 9.17) is 0 Å². The lowest BCUT2D eigenvalue weighted by Gasteiger charge is -2.05. The highest BCUT2D eigenvalue weighted by Gasteiger charge is 2.38. The molecule has 72 valence electrons. The minimum atomic E-state index is -4.86. The molecule has 0 aliphatic rings. The van der Waals surface area contributed by atoms with E-state index in [0.717, 1.165) is 0 Å². The van der Waals surface area contributed by atoms with Crippen molar-refractivity contribution in [3.05, 3.63) is 18.0 Å². The maximum atomic E-state index is 11.6. The fourth-order valence-corrected chi connectivity index (χ4v) is 0.600. The van der Waals surface area contributed by atoms with E-state index >= 15 is 0 Å². The number of aromatic nitrogens is 1. The second kappa shape index (κ2) is 3.46. The molecule has 1 aromatic heterocycles. The van der Waals surface area contributed by atoms with Gasteiger partial charge in [0.15, 0.2) is 0 Å². The molecule has 0 fully saturated rings. The van der Waals surface area contributed by atoms with Crippen LogP contribution in [0.15, 0.2) is 16.9 Å². The number of nitrogens with zero attached hydrogens (tertiary/aromatic N) is 1. The molecule has 0 aromatic carbocycles. The summed E-state index contributed by atoms with van der Waals surface area (Å²) in [6, 6.07) is 1.36. The third-order valence-electron chi connectivity index (χ3n) is 1.18. The number of hydrogen-bond donors (Lipinski definition) is 1. The predicted molar refractivity (Wildman–Crippen MR) is 34.4 cm³/mol. The summed E-state index contributed by atoms with van der Waals surface area (Å²) in [6.07, 6.45) is -3.65. The van der Waals surface area contributed by atoms with Crippen LogP contribution in [0.25, 0.3) is 0 Å². The van der Waals surface area contributed by atoms with Crippen LogP contribution in [0, 0.1) is 0 Å². The second-order valence-corrected chi connectivity index (χ2v) is 2.17. The maximum Gasteiger partial charge on any atom is 0.471 e. The molecule has 0 spiro atoms. The SMILES string of the molecule is O=C(NCc1ccon1)C(F)(F)F. The van der Waals surface area contributed by atoms with E-state index in [-0.39, 0.29) is 12.2 Å². The summed E-state index contributed by atoms with van der Waals surface area (Å²) in [5.41, 5.74) is 0.234. The number of amides is 1. The Morgan fingerprint density at radius 3 is 2.77 bits per heavy atom. The Balaban J connectivity index is 2.40. The van der Waals surface area contributed by atoms with Gasteiger partial charge in [0, 0.05) is 6.07 Å². The molecule has 1 N–H and O–H groups in total. The molecule has 1 aromatic rings. The molecule has 4 nitrogen and oxygen atoms in total. The summed E-state index contributed by atoms with van der Waals surface area (Å²) >= 11 is 0. The molecular weight excluding hydrogens is 189 g/mol. The molecule has 0 radical (unpaired) electrons. The minimum Gasteiger partial charge on any atom is -0.364 e. The predicted octanol–water partition coefficient (Wildman–Crippen LogP) is 0.853. The van der Waals surface area contributed by atoms with E-state index in [1.54, 1.807) is 5.32 Å². The molecule has 0 atom stereocenters. The third-order valence-corrected chi connectivity index (χ3v) is 1.18. The average molecular weight is 194 g/mol. The van der Waals surface area contributed by atoms with Crippen LogP contribution in [-0.4, -0.2) is 17.2 Å². The molecule has 1 rings (SSSR count). The van der Waals surface area contributed by atoms with E-state index in [9.17, 15) is 18.0 Å². The van der Waals surface area contributed by atoms with Gasteiger partial charge < -0.3 is 9.84 Å². The molecule has 0 saturated heterocycles. The zero-order valence-electron chi connectivity index (χ0n) is 6.26. The lowest BCUT2D eigenvalue weighted by Crippen LogP contribution is -2.36. The Morgan fingerprint density at radius 1 is 1.62 bits per heavy atom. The number of hydrogen-bond acceptors (Lipinski definition) is 3. The first-order valence-corrected chi connectivity index (χ1v) is 3.24.